The number of anilines is 1. The molecule has 0 bridgehead atoms. The van der Waals surface area contributed by atoms with Crippen molar-refractivity contribution in [2.24, 2.45) is 22.1 Å². The van der Waals surface area contributed by atoms with E-state index in [1.807, 2.05) is 18.2 Å². The number of guanidine groups is 1. The monoisotopic (exact) mass is 317 g/mol. The Morgan fingerprint density at radius 2 is 2.09 bits per heavy atom. The van der Waals surface area contributed by atoms with Gasteiger partial charge >= 0.3 is 0 Å². The molecule has 23 heavy (non-hydrogen) atoms. The highest BCUT2D eigenvalue weighted by Gasteiger charge is 2.54. The lowest BCUT2D eigenvalue weighted by Crippen LogP contribution is -2.24. The molecule has 3 rings (SSSR count). The van der Waals surface area contributed by atoms with Crippen molar-refractivity contribution in [1.29, 1.82) is 0 Å². The first-order valence-electron chi connectivity index (χ1n) is 8.55. The molecule has 1 aliphatic heterocycles. The molecule has 1 fully saturated rings. The summed E-state index contributed by atoms with van der Waals surface area (Å²) in [6.07, 6.45) is 3.18. The van der Waals surface area contributed by atoms with Crippen LogP contribution in [0.2, 0.25) is 0 Å². The maximum Gasteiger partial charge on any atom is 0.193 e. The van der Waals surface area contributed by atoms with Crippen molar-refractivity contribution < 1.29 is 9.47 Å². The van der Waals surface area contributed by atoms with E-state index in [9.17, 15) is 0 Å². The summed E-state index contributed by atoms with van der Waals surface area (Å²) in [5.41, 5.74) is 7.30. The van der Waals surface area contributed by atoms with Gasteiger partial charge < -0.3 is 20.5 Å². The minimum atomic E-state index is 0.330. The minimum absolute atomic E-state index is 0.330. The van der Waals surface area contributed by atoms with Crippen molar-refractivity contribution >= 4 is 11.6 Å². The molecular formula is C18H27N3O2. The largest absolute Gasteiger partial charge is 0.490 e. The molecule has 1 saturated carbocycles. The Labute approximate surface area is 138 Å². The number of fused-ring (bicyclic) bond motifs is 1. The van der Waals surface area contributed by atoms with E-state index in [4.69, 9.17) is 15.2 Å². The molecule has 1 heterocycles. The maximum absolute atomic E-state index is 6.10. The van der Waals surface area contributed by atoms with E-state index < -0.39 is 0 Å². The number of benzene rings is 1. The van der Waals surface area contributed by atoms with Crippen LogP contribution in [0.5, 0.6) is 11.5 Å². The van der Waals surface area contributed by atoms with E-state index >= 15 is 0 Å². The van der Waals surface area contributed by atoms with Crippen molar-refractivity contribution in [3.8, 4) is 11.5 Å². The Morgan fingerprint density at radius 3 is 2.74 bits per heavy atom. The van der Waals surface area contributed by atoms with E-state index in [1.165, 1.54) is 0 Å². The Hall–Kier alpha value is -1.91. The van der Waals surface area contributed by atoms with E-state index in [0.717, 1.165) is 36.4 Å². The van der Waals surface area contributed by atoms with Crippen LogP contribution in [0.4, 0.5) is 5.69 Å². The first-order chi connectivity index (χ1) is 11.0. The summed E-state index contributed by atoms with van der Waals surface area (Å²) in [7, 11) is 0. The first-order valence-corrected chi connectivity index (χ1v) is 8.55. The van der Waals surface area contributed by atoms with E-state index in [0.29, 0.717) is 36.5 Å². The fourth-order valence-electron chi connectivity index (χ4n) is 3.47. The van der Waals surface area contributed by atoms with Crippen molar-refractivity contribution in [2.75, 3.05) is 18.5 Å². The standard InChI is InChI=1S/C18H27N3O2/c1-4-18(12(2)3)11-16(18)21-17(19)20-13-6-7-14-15(10-13)23-9-5-8-22-14/h6-7,10,12,16H,4-5,8-9,11H2,1-3H3,(H3,19,20,21). The van der Waals surface area contributed by atoms with Gasteiger partial charge in [-0.15, -0.1) is 0 Å². The lowest BCUT2D eigenvalue weighted by molar-refractivity contribution is 0.297. The quantitative estimate of drug-likeness (QED) is 0.659. The molecule has 5 heteroatoms. The highest BCUT2D eigenvalue weighted by atomic mass is 16.5. The van der Waals surface area contributed by atoms with Crippen LogP contribution in [0.15, 0.2) is 23.2 Å². The topological polar surface area (TPSA) is 68.9 Å². The number of rotatable bonds is 4. The van der Waals surface area contributed by atoms with Crippen LogP contribution in [0.3, 0.4) is 0 Å². The van der Waals surface area contributed by atoms with Gasteiger partial charge in [-0.1, -0.05) is 20.8 Å². The summed E-state index contributed by atoms with van der Waals surface area (Å²) >= 11 is 0. The molecule has 5 nitrogen and oxygen atoms in total. The zero-order valence-corrected chi connectivity index (χ0v) is 14.3. The highest BCUT2D eigenvalue weighted by Crippen LogP contribution is 2.56. The third kappa shape index (κ3) is 3.23. The number of nitrogens with one attached hydrogen (secondary N) is 1. The fourth-order valence-corrected chi connectivity index (χ4v) is 3.47. The molecule has 0 amide bonds. The zero-order valence-electron chi connectivity index (χ0n) is 14.3. The molecule has 1 aromatic carbocycles. The highest BCUT2D eigenvalue weighted by molar-refractivity contribution is 5.92. The van der Waals surface area contributed by atoms with Gasteiger partial charge in [0.1, 0.15) is 0 Å². The second-order valence-corrected chi connectivity index (χ2v) is 6.81. The van der Waals surface area contributed by atoms with Gasteiger partial charge in [0.05, 0.1) is 19.3 Å². The van der Waals surface area contributed by atoms with Gasteiger partial charge in [0.25, 0.3) is 0 Å². The molecular weight excluding hydrogens is 290 g/mol. The molecule has 2 atom stereocenters. The molecule has 126 valence electrons. The summed E-state index contributed by atoms with van der Waals surface area (Å²) < 4.78 is 11.3. The average molecular weight is 317 g/mol. The first kappa shape index (κ1) is 16.0. The predicted molar refractivity (Wildman–Crippen MR) is 93.3 cm³/mol. The van der Waals surface area contributed by atoms with Gasteiger partial charge in [0, 0.05) is 18.2 Å². The van der Waals surface area contributed by atoms with Crippen LogP contribution in [-0.2, 0) is 0 Å². The second-order valence-electron chi connectivity index (χ2n) is 6.81. The van der Waals surface area contributed by atoms with Crippen molar-refractivity contribution in [3.05, 3.63) is 18.2 Å². The summed E-state index contributed by atoms with van der Waals surface area (Å²) in [5, 5.41) is 3.18. The summed E-state index contributed by atoms with van der Waals surface area (Å²) in [4.78, 5) is 4.67. The molecule has 1 aliphatic carbocycles. The number of nitrogens with two attached hydrogens (primary N) is 1. The van der Waals surface area contributed by atoms with Gasteiger partial charge in [0.15, 0.2) is 17.5 Å². The summed E-state index contributed by atoms with van der Waals surface area (Å²) in [5.74, 6) is 2.65. The SMILES string of the molecule is CCC1(C(C)C)CC1N=C(N)Nc1ccc2c(c1)OCCCO2. The van der Waals surface area contributed by atoms with Crippen LogP contribution in [0.1, 0.15) is 40.0 Å². The Morgan fingerprint density at radius 1 is 1.35 bits per heavy atom. The van der Waals surface area contributed by atoms with Crippen LogP contribution >= 0.6 is 0 Å². The van der Waals surface area contributed by atoms with E-state index in [-0.39, 0.29) is 0 Å². The maximum atomic E-state index is 6.10. The number of hydrogen-bond acceptors (Lipinski definition) is 3. The van der Waals surface area contributed by atoms with Crippen LogP contribution in [0, 0.1) is 11.3 Å². The molecule has 1 aromatic rings. The lowest BCUT2D eigenvalue weighted by Gasteiger charge is -2.18. The molecule has 0 saturated heterocycles. The van der Waals surface area contributed by atoms with Gasteiger partial charge in [-0.05, 0) is 36.3 Å². The normalized spacial score (nSPS) is 26.8. The third-order valence-electron chi connectivity index (χ3n) is 5.20. The Kier molecular flexibility index (Phi) is 4.37. The van der Waals surface area contributed by atoms with Crippen molar-refractivity contribution in [2.45, 2.75) is 46.1 Å². The van der Waals surface area contributed by atoms with Crippen LogP contribution in [0.25, 0.3) is 0 Å². The van der Waals surface area contributed by atoms with Gasteiger partial charge in [-0.2, -0.15) is 0 Å². The van der Waals surface area contributed by atoms with Crippen LogP contribution < -0.4 is 20.5 Å². The summed E-state index contributed by atoms with van der Waals surface area (Å²) in [6, 6.07) is 6.11. The summed E-state index contributed by atoms with van der Waals surface area (Å²) in [6.45, 7) is 8.15. The Balaban J connectivity index is 1.68. The number of ether oxygens (including phenoxy) is 2. The van der Waals surface area contributed by atoms with Crippen molar-refractivity contribution in [3.63, 3.8) is 0 Å². The van der Waals surface area contributed by atoms with Crippen LogP contribution in [-0.4, -0.2) is 25.2 Å². The average Bonchev–Trinajstić information content (AvgIpc) is 3.26. The third-order valence-corrected chi connectivity index (χ3v) is 5.20. The van der Waals surface area contributed by atoms with Gasteiger partial charge in [-0.25, -0.2) is 4.99 Å². The predicted octanol–water partition coefficient (Wildman–Crippen LogP) is 3.40. The number of hydrogen-bond donors (Lipinski definition) is 2. The number of aliphatic imine (C=N–C) groups is 1. The minimum Gasteiger partial charge on any atom is -0.490 e. The zero-order chi connectivity index (χ0) is 16.4. The fraction of sp³-hybridized carbons (Fsp3) is 0.611. The molecule has 2 aliphatic rings. The molecule has 0 radical (unpaired) electrons. The van der Waals surface area contributed by atoms with E-state index in [2.05, 4.69) is 31.1 Å². The molecule has 0 spiro atoms. The molecule has 3 N–H and O–H groups in total. The number of nitrogens with zero attached hydrogens (tertiary/aromatic N) is 1. The lowest BCUT2D eigenvalue weighted by atomic mass is 9.89. The molecule has 0 aromatic heterocycles. The molecule has 2 unspecified atom stereocenters. The van der Waals surface area contributed by atoms with E-state index in [1.54, 1.807) is 0 Å². The smallest absolute Gasteiger partial charge is 0.193 e. The Bertz CT molecular complexity index is 600. The van der Waals surface area contributed by atoms with Gasteiger partial charge in [-0.3, -0.25) is 0 Å². The van der Waals surface area contributed by atoms with Gasteiger partial charge in [0.2, 0.25) is 0 Å². The second kappa shape index (κ2) is 6.30. The van der Waals surface area contributed by atoms with Crippen molar-refractivity contribution in [1.82, 2.24) is 0 Å².